The SMILES string of the molecule is CC(CN)(CC(F)F)NC(O)OCc1ccccc1. The van der Waals surface area contributed by atoms with Gasteiger partial charge in [-0.2, -0.15) is 0 Å². The number of ether oxygens (including phenoxy) is 1. The van der Waals surface area contributed by atoms with E-state index in [4.69, 9.17) is 10.5 Å². The van der Waals surface area contributed by atoms with Crippen molar-refractivity contribution in [2.45, 2.75) is 38.3 Å². The van der Waals surface area contributed by atoms with Crippen molar-refractivity contribution in [2.75, 3.05) is 6.54 Å². The molecule has 1 aromatic rings. The first-order valence-electron chi connectivity index (χ1n) is 6.05. The van der Waals surface area contributed by atoms with Gasteiger partial charge in [0, 0.05) is 18.5 Å². The van der Waals surface area contributed by atoms with Gasteiger partial charge in [0.05, 0.1) is 6.61 Å². The quantitative estimate of drug-likeness (QED) is 0.628. The molecule has 6 heteroatoms. The van der Waals surface area contributed by atoms with Gasteiger partial charge in [-0.3, -0.25) is 5.32 Å². The van der Waals surface area contributed by atoms with Crippen LogP contribution in [0.25, 0.3) is 0 Å². The molecule has 2 atom stereocenters. The third-order valence-corrected chi connectivity index (χ3v) is 2.78. The third kappa shape index (κ3) is 6.07. The Morgan fingerprint density at radius 3 is 2.53 bits per heavy atom. The molecule has 0 spiro atoms. The molecular formula is C13H20F2N2O2. The fourth-order valence-corrected chi connectivity index (χ4v) is 1.63. The molecular weight excluding hydrogens is 254 g/mol. The van der Waals surface area contributed by atoms with Crippen molar-refractivity contribution in [1.29, 1.82) is 0 Å². The summed E-state index contributed by atoms with van der Waals surface area (Å²) >= 11 is 0. The molecule has 0 bridgehead atoms. The van der Waals surface area contributed by atoms with Crippen molar-refractivity contribution in [2.24, 2.45) is 5.73 Å². The van der Waals surface area contributed by atoms with Crippen LogP contribution in [0, 0.1) is 0 Å². The van der Waals surface area contributed by atoms with Crippen LogP contribution in [0.15, 0.2) is 30.3 Å². The zero-order valence-corrected chi connectivity index (χ0v) is 10.9. The second kappa shape index (κ2) is 7.49. The summed E-state index contributed by atoms with van der Waals surface area (Å²) in [6.07, 6.45) is -4.29. The van der Waals surface area contributed by atoms with Crippen LogP contribution in [0.4, 0.5) is 8.78 Å². The first-order valence-corrected chi connectivity index (χ1v) is 6.05. The fourth-order valence-electron chi connectivity index (χ4n) is 1.63. The summed E-state index contributed by atoms with van der Waals surface area (Å²) < 4.78 is 30.0. The van der Waals surface area contributed by atoms with Crippen LogP contribution in [0.2, 0.25) is 0 Å². The topological polar surface area (TPSA) is 67.5 Å². The third-order valence-electron chi connectivity index (χ3n) is 2.78. The van der Waals surface area contributed by atoms with Crippen molar-refractivity contribution in [3.63, 3.8) is 0 Å². The standard InChI is InChI=1S/C13H20F2N2O2/c1-13(9-16,7-11(14)15)17-12(18)19-8-10-5-3-2-4-6-10/h2-6,11-12,17-18H,7-9,16H2,1H3. The lowest BCUT2D eigenvalue weighted by Gasteiger charge is -2.31. The highest BCUT2D eigenvalue weighted by molar-refractivity contribution is 5.13. The number of halogens is 2. The van der Waals surface area contributed by atoms with Crippen LogP contribution in [0.5, 0.6) is 0 Å². The van der Waals surface area contributed by atoms with Gasteiger partial charge < -0.3 is 15.6 Å². The van der Waals surface area contributed by atoms with Gasteiger partial charge in [0.25, 0.3) is 0 Å². The van der Waals surface area contributed by atoms with Gasteiger partial charge in [-0.15, -0.1) is 0 Å². The number of aliphatic hydroxyl groups excluding tert-OH is 1. The van der Waals surface area contributed by atoms with Crippen LogP contribution in [-0.2, 0) is 11.3 Å². The largest absolute Gasteiger partial charge is 0.356 e. The summed E-state index contributed by atoms with van der Waals surface area (Å²) in [6, 6.07) is 9.24. The average molecular weight is 274 g/mol. The summed E-state index contributed by atoms with van der Waals surface area (Å²) in [5.41, 5.74) is 5.26. The van der Waals surface area contributed by atoms with Crippen LogP contribution >= 0.6 is 0 Å². The number of rotatable bonds is 8. The number of aliphatic hydroxyl groups is 1. The average Bonchev–Trinajstić information content (AvgIpc) is 2.36. The molecule has 0 radical (unpaired) electrons. The number of hydrogen-bond acceptors (Lipinski definition) is 4. The second-order valence-electron chi connectivity index (χ2n) is 4.65. The summed E-state index contributed by atoms with van der Waals surface area (Å²) in [4.78, 5) is 0. The Hall–Kier alpha value is -1.08. The molecule has 0 aliphatic rings. The highest BCUT2D eigenvalue weighted by Gasteiger charge is 2.29. The van der Waals surface area contributed by atoms with Crippen molar-refractivity contribution >= 4 is 0 Å². The Morgan fingerprint density at radius 2 is 2.00 bits per heavy atom. The molecule has 0 amide bonds. The maximum absolute atomic E-state index is 12.4. The number of hydrogen-bond donors (Lipinski definition) is 3. The van der Waals surface area contributed by atoms with Gasteiger partial charge in [0.1, 0.15) is 0 Å². The van der Waals surface area contributed by atoms with Crippen LogP contribution < -0.4 is 11.1 Å². The fraction of sp³-hybridized carbons (Fsp3) is 0.538. The number of alkyl halides is 2. The molecule has 0 saturated heterocycles. The molecule has 4 N–H and O–H groups in total. The minimum absolute atomic E-state index is 0.0247. The van der Waals surface area contributed by atoms with Crippen LogP contribution in [-0.4, -0.2) is 30.0 Å². The number of nitrogens with two attached hydrogens (primary N) is 1. The van der Waals surface area contributed by atoms with E-state index in [1.807, 2.05) is 30.3 Å². The summed E-state index contributed by atoms with van der Waals surface area (Å²) in [5, 5.41) is 12.2. The van der Waals surface area contributed by atoms with E-state index in [-0.39, 0.29) is 13.2 Å². The maximum Gasteiger partial charge on any atom is 0.240 e. The zero-order valence-electron chi connectivity index (χ0n) is 10.9. The van der Waals surface area contributed by atoms with Crippen molar-refractivity contribution in [3.8, 4) is 0 Å². The molecule has 0 aliphatic carbocycles. The first kappa shape index (κ1) is 16.0. The number of benzene rings is 1. The molecule has 19 heavy (non-hydrogen) atoms. The summed E-state index contributed by atoms with van der Waals surface area (Å²) in [7, 11) is 0. The first-order chi connectivity index (χ1) is 8.95. The zero-order chi connectivity index (χ0) is 14.3. The minimum Gasteiger partial charge on any atom is -0.356 e. The van der Waals surface area contributed by atoms with E-state index in [0.29, 0.717) is 0 Å². The molecule has 4 nitrogen and oxygen atoms in total. The Bertz CT molecular complexity index is 365. The Labute approximate surface area is 111 Å². The molecule has 0 aliphatic heterocycles. The predicted octanol–water partition coefficient (Wildman–Crippen LogP) is 1.44. The van der Waals surface area contributed by atoms with E-state index in [2.05, 4.69) is 5.32 Å². The normalized spacial score (nSPS) is 16.3. The van der Waals surface area contributed by atoms with Gasteiger partial charge >= 0.3 is 0 Å². The molecule has 2 unspecified atom stereocenters. The smallest absolute Gasteiger partial charge is 0.240 e. The molecule has 0 saturated carbocycles. The maximum atomic E-state index is 12.4. The summed E-state index contributed by atoms with van der Waals surface area (Å²) in [5.74, 6) is 0. The highest BCUT2D eigenvalue weighted by atomic mass is 19.3. The van der Waals surface area contributed by atoms with E-state index < -0.39 is 24.8 Å². The molecule has 0 aromatic heterocycles. The molecule has 0 fully saturated rings. The summed E-state index contributed by atoms with van der Waals surface area (Å²) in [6.45, 7) is 1.68. The van der Waals surface area contributed by atoms with Gasteiger partial charge in [0.15, 0.2) is 0 Å². The predicted molar refractivity (Wildman–Crippen MR) is 68.5 cm³/mol. The highest BCUT2D eigenvalue weighted by Crippen LogP contribution is 2.15. The van der Waals surface area contributed by atoms with Crippen molar-refractivity contribution in [1.82, 2.24) is 5.32 Å². The number of nitrogens with one attached hydrogen (secondary N) is 1. The van der Waals surface area contributed by atoms with E-state index in [1.165, 1.54) is 6.92 Å². The van der Waals surface area contributed by atoms with Gasteiger partial charge in [0.2, 0.25) is 12.8 Å². The second-order valence-corrected chi connectivity index (χ2v) is 4.65. The monoisotopic (exact) mass is 274 g/mol. The van der Waals surface area contributed by atoms with E-state index in [9.17, 15) is 13.9 Å². The van der Waals surface area contributed by atoms with Gasteiger partial charge in [-0.25, -0.2) is 8.78 Å². The van der Waals surface area contributed by atoms with Crippen LogP contribution in [0.1, 0.15) is 18.9 Å². The Balaban J connectivity index is 2.43. The molecule has 0 heterocycles. The Kier molecular flexibility index (Phi) is 6.30. The molecule has 108 valence electrons. The Morgan fingerprint density at radius 1 is 1.37 bits per heavy atom. The van der Waals surface area contributed by atoms with Gasteiger partial charge in [-0.05, 0) is 12.5 Å². The lowest BCUT2D eigenvalue weighted by Crippen LogP contribution is -2.54. The van der Waals surface area contributed by atoms with E-state index >= 15 is 0 Å². The van der Waals surface area contributed by atoms with E-state index in [0.717, 1.165) is 5.56 Å². The minimum atomic E-state index is -2.50. The lowest BCUT2D eigenvalue weighted by molar-refractivity contribution is -0.144. The van der Waals surface area contributed by atoms with Crippen LogP contribution in [0.3, 0.4) is 0 Å². The van der Waals surface area contributed by atoms with Crippen molar-refractivity contribution < 1.29 is 18.6 Å². The molecule has 1 aromatic carbocycles. The van der Waals surface area contributed by atoms with Crippen molar-refractivity contribution in [3.05, 3.63) is 35.9 Å². The van der Waals surface area contributed by atoms with Gasteiger partial charge in [-0.1, -0.05) is 30.3 Å². The molecule has 1 rings (SSSR count). The van der Waals surface area contributed by atoms with E-state index in [1.54, 1.807) is 0 Å². The lowest BCUT2D eigenvalue weighted by atomic mass is 9.99.